The summed E-state index contributed by atoms with van der Waals surface area (Å²) in [5.74, 6) is -0.0113. The first-order chi connectivity index (χ1) is 7.93. The number of rotatable bonds is 8. The average molecular weight is 260 g/mol. The molecule has 0 heterocycles. The van der Waals surface area contributed by atoms with Crippen molar-refractivity contribution in [2.24, 2.45) is 5.73 Å². The van der Waals surface area contributed by atoms with Crippen LogP contribution < -0.4 is 11.1 Å². The molecule has 1 amide bonds. The number of thioether (sulfide) groups is 1. The molecule has 0 aliphatic heterocycles. The van der Waals surface area contributed by atoms with Crippen LogP contribution in [0.4, 0.5) is 0 Å². The maximum Gasteiger partial charge on any atom is 0.240 e. The van der Waals surface area contributed by atoms with Crippen LogP contribution in [0.1, 0.15) is 53.4 Å². The largest absolute Gasteiger partial charge is 0.353 e. The van der Waals surface area contributed by atoms with Gasteiger partial charge in [-0.05, 0) is 31.9 Å². The summed E-state index contributed by atoms with van der Waals surface area (Å²) < 4.78 is 0.151. The number of carbonyl (C=O) groups is 1. The van der Waals surface area contributed by atoms with Crippen molar-refractivity contribution < 1.29 is 4.79 Å². The van der Waals surface area contributed by atoms with E-state index in [9.17, 15) is 4.79 Å². The Morgan fingerprint density at radius 3 is 1.88 bits per heavy atom. The highest BCUT2D eigenvalue weighted by Gasteiger charge is 2.32. The van der Waals surface area contributed by atoms with Gasteiger partial charge in [-0.25, -0.2) is 0 Å². The first kappa shape index (κ1) is 16.8. The molecule has 0 rings (SSSR count). The van der Waals surface area contributed by atoms with Gasteiger partial charge in [0.25, 0.3) is 0 Å². The third kappa shape index (κ3) is 4.18. The highest BCUT2D eigenvalue weighted by molar-refractivity contribution is 8.00. The van der Waals surface area contributed by atoms with Gasteiger partial charge in [0.15, 0.2) is 0 Å². The summed E-state index contributed by atoms with van der Waals surface area (Å²) in [6.07, 6.45) is 5.58. The van der Waals surface area contributed by atoms with Crippen molar-refractivity contribution in [3.8, 4) is 0 Å². The fourth-order valence-corrected chi connectivity index (χ4v) is 2.64. The second-order valence-corrected chi connectivity index (χ2v) is 5.91. The van der Waals surface area contributed by atoms with E-state index in [0.717, 1.165) is 12.8 Å². The van der Waals surface area contributed by atoms with Crippen LogP contribution in [0.25, 0.3) is 0 Å². The van der Waals surface area contributed by atoms with Gasteiger partial charge in [0.2, 0.25) is 5.91 Å². The number of nitrogens with one attached hydrogen (secondary N) is 1. The Morgan fingerprint density at radius 2 is 1.59 bits per heavy atom. The summed E-state index contributed by atoms with van der Waals surface area (Å²) in [6, 6.07) is 0. The Morgan fingerprint density at radius 1 is 1.12 bits per heavy atom. The Kier molecular flexibility index (Phi) is 7.17. The van der Waals surface area contributed by atoms with E-state index in [0.29, 0.717) is 19.4 Å². The average Bonchev–Trinajstić information content (AvgIpc) is 2.39. The number of carbonyl (C=O) groups excluding carboxylic acids is 1. The maximum absolute atomic E-state index is 12.1. The molecule has 0 aliphatic carbocycles. The molecule has 0 saturated heterocycles. The molecule has 0 unspecified atom stereocenters. The molecule has 3 nitrogen and oxygen atoms in total. The van der Waals surface area contributed by atoms with Crippen molar-refractivity contribution in [2.45, 2.75) is 63.7 Å². The highest BCUT2D eigenvalue weighted by atomic mass is 32.2. The van der Waals surface area contributed by atoms with E-state index >= 15 is 0 Å². The van der Waals surface area contributed by atoms with Crippen molar-refractivity contribution >= 4 is 17.7 Å². The minimum Gasteiger partial charge on any atom is -0.353 e. The van der Waals surface area contributed by atoms with Crippen molar-refractivity contribution in [1.82, 2.24) is 5.32 Å². The summed E-state index contributed by atoms with van der Waals surface area (Å²) in [5, 5.41) is 3.03. The van der Waals surface area contributed by atoms with Crippen molar-refractivity contribution in [3.63, 3.8) is 0 Å². The molecule has 0 atom stereocenters. The monoisotopic (exact) mass is 260 g/mol. The van der Waals surface area contributed by atoms with E-state index in [1.54, 1.807) is 0 Å². The standard InChI is InChI=1S/C13H28N2OS/c1-6-12(7-2,17-5)10-15-11(16)13(14,8-3)9-4/h6-10,14H2,1-5H3,(H,15,16). The van der Waals surface area contributed by atoms with E-state index in [2.05, 4.69) is 25.4 Å². The lowest BCUT2D eigenvalue weighted by Gasteiger charge is -2.32. The molecule has 0 bridgehead atoms. The molecule has 0 aromatic carbocycles. The van der Waals surface area contributed by atoms with Gasteiger partial charge in [0.05, 0.1) is 5.54 Å². The fourth-order valence-electron chi connectivity index (χ4n) is 1.85. The molecule has 0 aromatic rings. The van der Waals surface area contributed by atoms with Gasteiger partial charge < -0.3 is 11.1 Å². The zero-order valence-corrected chi connectivity index (χ0v) is 12.7. The molecule has 0 fully saturated rings. The zero-order chi connectivity index (χ0) is 13.5. The summed E-state index contributed by atoms with van der Waals surface area (Å²) in [4.78, 5) is 12.1. The van der Waals surface area contributed by atoms with Crippen LogP contribution in [-0.4, -0.2) is 29.0 Å². The Balaban J connectivity index is 4.50. The van der Waals surface area contributed by atoms with Gasteiger partial charge in [-0.2, -0.15) is 11.8 Å². The summed E-state index contributed by atoms with van der Waals surface area (Å²) >= 11 is 1.83. The minimum absolute atomic E-state index is 0.0113. The van der Waals surface area contributed by atoms with Gasteiger partial charge in [-0.15, -0.1) is 0 Å². The normalized spacial score (nSPS) is 12.6. The third-order valence-corrected chi connectivity index (χ3v) is 5.59. The lowest BCUT2D eigenvalue weighted by molar-refractivity contribution is -0.126. The lowest BCUT2D eigenvalue weighted by Crippen LogP contribution is -2.55. The van der Waals surface area contributed by atoms with E-state index in [1.165, 1.54) is 0 Å². The first-order valence-corrected chi connectivity index (χ1v) is 7.78. The van der Waals surface area contributed by atoms with Gasteiger partial charge >= 0.3 is 0 Å². The van der Waals surface area contributed by atoms with Gasteiger partial charge in [-0.1, -0.05) is 27.7 Å². The predicted molar refractivity (Wildman–Crippen MR) is 77.3 cm³/mol. The minimum atomic E-state index is -0.703. The molecular weight excluding hydrogens is 232 g/mol. The van der Waals surface area contributed by atoms with Crippen LogP contribution in [0.15, 0.2) is 0 Å². The lowest BCUT2D eigenvalue weighted by atomic mass is 9.92. The van der Waals surface area contributed by atoms with E-state index in [4.69, 9.17) is 5.73 Å². The van der Waals surface area contributed by atoms with Gasteiger partial charge in [0.1, 0.15) is 0 Å². The molecule has 4 heteroatoms. The summed E-state index contributed by atoms with van der Waals surface area (Å²) in [6.45, 7) is 8.97. The molecule has 0 aliphatic rings. The number of hydrogen-bond donors (Lipinski definition) is 2. The second-order valence-electron chi connectivity index (χ2n) is 4.64. The van der Waals surface area contributed by atoms with Crippen LogP contribution in [-0.2, 0) is 4.79 Å². The molecule has 17 heavy (non-hydrogen) atoms. The molecule has 3 N–H and O–H groups in total. The fraction of sp³-hybridized carbons (Fsp3) is 0.923. The summed E-state index contributed by atoms with van der Waals surface area (Å²) in [7, 11) is 0. The van der Waals surface area contributed by atoms with Crippen LogP contribution in [0.2, 0.25) is 0 Å². The SMILES string of the molecule is CCC(CC)(CNC(=O)C(N)(CC)CC)SC. The Hall–Kier alpha value is -0.220. The molecule has 102 valence electrons. The predicted octanol–water partition coefficient (Wildman–Crippen LogP) is 2.54. The van der Waals surface area contributed by atoms with Gasteiger partial charge in [0, 0.05) is 11.3 Å². The first-order valence-electron chi connectivity index (χ1n) is 6.55. The maximum atomic E-state index is 12.1. The molecule has 0 saturated carbocycles. The zero-order valence-electron chi connectivity index (χ0n) is 11.9. The topological polar surface area (TPSA) is 55.1 Å². The molecular formula is C13H28N2OS. The van der Waals surface area contributed by atoms with Crippen LogP contribution >= 0.6 is 11.8 Å². The number of hydrogen-bond acceptors (Lipinski definition) is 3. The molecule has 0 spiro atoms. The Labute approximate surface area is 110 Å². The quantitative estimate of drug-likeness (QED) is 0.705. The second kappa shape index (κ2) is 7.27. The van der Waals surface area contributed by atoms with E-state index < -0.39 is 5.54 Å². The van der Waals surface area contributed by atoms with Crippen LogP contribution in [0, 0.1) is 0 Å². The van der Waals surface area contributed by atoms with Gasteiger partial charge in [-0.3, -0.25) is 4.79 Å². The third-order valence-electron chi connectivity index (χ3n) is 4.01. The van der Waals surface area contributed by atoms with Crippen LogP contribution in [0.3, 0.4) is 0 Å². The smallest absolute Gasteiger partial charge is 0.240 e. The summed E-state index contributed by atoms with van der Waals surface area (Å²) in [5.41, 5.74) is 5.37. The molecule has 0 aromatic heterocycles. The Bertz CT molecular complexity index is 227. The number of nitrogens with two attached hydrogens (primary N) is 1. The van der Waals surface area contributed by atoms with Crippen molar-refractivity contribution in [2.75, 3.05) is 12.8 Å². The highest BCUT2D eigenvalue weighted by Crippen LogP contribution is 2.29. The van der Waals surface area contributed by atoms with Crippen molar-refractivity contribution in [3.05, 3.63) is 0 Å². The number of amides is 1. The molecule has 0 radical (unpaired) electrons. The van der Waals surface area contributed by atoms with E-state index in [-0.39, 0.29) is 10.7 Å². The van der Waals surface area contributed by atoms with Crippen LogP contribution in [0.5, 0.6) is 0 Å². The van der Waals surface area contributed by atoms with Crippen molar-refractivity contribution in [1.29, 1.82) is 0 Å². The van der Waals surface area contributed by atoms with E-state index in [1.807, 2.05) is 25.6 Å².